The molecule has 2 aromatic rings. The Hall–Kier alpha value is -1.21. The van der Waals surface area contributed by atoms with Gasteiger partial charge in [-0.1, -0.05) is 23.5 Å². The van der Waals surface area contributed by atoms with Crippen LogP contribution in [0, 0.1) is 12.3 Å². The van der Waals surface area contributed by atoms with Gasteiger partial charge in [-0.3, -0.25) is 4.79 Å². The van der Waals surface area contributed by atoms with E-state index >= 15 is 0 Å². The van der Waals surface area contributed by atoms with E-state index in [-0.39, 0.29) is 18.3 Å². The van der Waals surface area contributed by atoms with E-state index in [1.807, 2.05) is 25.1 Å². The number of hydrogen-bond donors (Lipinski definition) is 2. The van der Waals surface area contributed by atoms with Gasteiger partial charge in [0.15, 0.2) is 5.13 Å². The van der Waals surface area contributed by atoms with Crippen LogP contribution in [0.1, 0.15) is 18.4 Å². The Morgan fingerprint density at radius 3 is 2.83 bits per heavy atom. The number of carbonyl (C=O) groups excluding carboxylic acids is 1. The van der Waals surface area contributed by atoms with E-state index < -0.39 is 5.41 Å². The third-order valence-electron chi connectivity index (χ3n) is 4.30. The molecule has 0 radical (unpaired) electrons. The first-order valence-electron chi connectivity index (χ1n) is 7.52. The Balaban J connectivity index is 0.00000192. The molecule has 0 saturated carbocycles. The minimum absolute atomic E-state index is 0. The molecule has 0 aliphatic carbocycles. The van der Waals surface area contributed by atoms with Crippen molar-refractivity contribution in [1.29, 1.82) is 0 Å². The van der Waals surface area contributed by atoms with Gasteiger partial charge in [-0.05, 0) is 44.5 Å². The number of amides is 1. The number of benzene rings is 1. The van der Waals surface area contributed by atoms with E-state index in [2.05, 4.69) is 15.6 Å². The van der Waals surface area contributed by atoms with Crippen LogP contribution in [0.15, 0.2) is 18.2 Å². The number of hydrogen-bond acceptors (Lipinski definition) is 5. The molecule has 1 aromatic heterocycles. The molecule has 23 heavy (non-hydrogen) atoms. The number of rotatable bonds is 4. The lowest BCUT2D eigenvalue weighted by molar-refractivity contribution is -0.130. The van der Waals surface area contributed by atoms with Gasteiger partial charge in [0.25, 0.3) is 0 Å². The molecule has 0 bridgehead atoms. The maximum absolute atomic E-state index is 12.8. The summed E-state index contributed by atoms with van der Waals surface area (Å²) in [6.45, 7) is 4.17. The van der Waals surface area contributed by atoms with Crippen LogP contribution in [0.4, 0.5) is 5.13 Å². The number of thiazole rings is 1. The van der Waals surface area contributed by atoms with Crippen molar-refractivity contribution in [2.75, 3.05) is 32.1 Å². The molecule has 0 spiro atoms. The third-order valence-corrected chi connectivity index (χ3v) is 5.24. The number of anilines is 1. The average molecular weight is 356 g/mol. The van der Waals surface area contributed by atoms with E-state index in [9.17, 15) is 4.79 Å². The van der Waals surface area contributed by atoms with Crippen molar-refractivity contribution < 1.29 is 9.53 Å². The van der Waals surface area contributed by atoms with Crippen LogP contribution in [0.25, 0.3) is 10.2 Å². The van der Waals surface area contributed by atoms with Crippen LogP contribution in [-0.2, 0) is 9.53 Å². The number of aryl methyl sites for hydroxylation is 1. The summed E-state index contributed by atoms with van der Waals surface area (Å²) >= 11 is 1.52. The predicted octanol–water partition coefficient (Wildman–Crippen LogP) is 2.98. The minimum atomic E-state index is -0.451. The highest BCUT2D eigenvalue weighted by Gasteiger charge is 2.40. The lowest BCUT2D eigenvalue weighted by Gasteiger charge is -2.35. The first-order chi connectivity index (χ1) is 10.6. The normalized spacial score (nSPS) is 16.8. The largest absolute Gasteiger partial charge is 0.384 e. The maximum atomic E-state index is 12.8. The zero-order chi connectivity index (χ0) is 15.6. The van der Waals surface area contributed by atoms with Crippen LogP contribution >= 0.6 is 23.7 Å². The number of halogens is 1. The molecule has 1 amide bonds. The van der Waals surface area contributed by atoms with E-state index in [1.54, 1.807) is 7.11 Å². The number of piperidine rings is 1. The molecular weight excluding hydrogens is 334 g/mol. The number of fused-ring (bicyclic) bond motifs is 1. The fourth-order valence-electron chi connectivity index (χ4n) is 2.99. The molecule has 0 atom stereocenters. The summed E-state index contributed by atoms with van der Waals surface area (Å²) < 4.78 is 6.41. The van der Waals surface area contributed by atoms with Crippen molar-refractivity contribution in [3.8, 4) is 0 Å². The van der Waals surface area contributed by atoms with Gasteiger partial charge in [-0.25, -0.2) is 4.98 Å². The number of aromatic nitrogens is 1. The molecule has 5 nitrogen and oxygen atoms in total. The second-order valence-electron chi connectivity index (χ2n) is 5.86. The molecule has 0 unspecified atom stereocenters. The van der Waals surface area contributed by atoms with E-state index in [0.29, 0.717) is 11.7 Å². The average Bonchev–Trinajstić information content (AvgIpc) is 2.92. The predicted molar refractivity (Wildman–Crippen MR) is 96.6 cm³/mol. The van der Waals surface area contributed by atoms with Crippen LogP contribution in [0.5, 0.6) is 0 Å². The van der Waals surface area contributed by atoms with Crippen LogP contribution in [-0.4, -0.2) is 37.7 Å². The zero-order valence-corrected chi connectivity index (χ0v) is 15.0. The fourth-order valence-corrected chi connectivity index (χ4v) is 3.93. The molecule has 3 rings (SSSR count). The lowest BCUT2D eigenvalue weighted by atomic mass is 9.79. The molecule has 7 heteroatoms. The molecule has 1 aliphatic heterocycles. The van der Waals surface area contributed by atoms with Crippen LogP contribution in [0.2, 0.25) is 0 Å². The number of nitrogens with zero attached hydrogens (tertiary/aromatic N) is 1. The lowest BCUT2D eigenvalue weighted by Crippen LogP contribution is -2.47. The van der Waals surface area contributed by atoms with Gasteiger partial charge in [-0.15, -0.1) is 12.4 Å². The number of nitrogens with one attached hydrogen (secondary N) is 2. The molecule has 126 valence electrons. The summed E-state index contributed by atoms with van der Waals surface area (Å²) in [6, 6.07) is 6.08. The van der Waals surface area contributed by atoms with Gasteiger partial charge in [0.2, 0.25) is 5.91 Å². The molecule has 2 N–H and O–H groups in total. The summed E-state index contributed by atoms with van der Waals surface area (Å²) in [5.41, 5.74) is 1.64. The number of methoxy groups -OCH3 is 1. The van der Waals surface area contributed by atoms with Crippen molar-refractivity contribution in [3.63, 3.8) is 0 Å². The molecule has 1 saturated heterocycles. The Bertz CT molecular complexity index is 678. The van der Waals surface area contributed by atoms with Gasteiger partial charge in [0.05, 0.1) is 22.2 Å². The minimum Gasteiger partial charge on any atom is -0.384 e. The van der Waals surface area contributed by atoms with Crippen molar-refractivity contribution in [1.82, 2.24) is 10.3 Å². The first kappa shape index (κ1) is 18.1. The smallest absolute Gasteiger partial charge is 0.234 e. The highest BCUT2D eigenvalue weighted by Crippen LogP contribution is 2.33. The van der Waals surface area contributed by atoms with Crippen molar-refractivity contribution >= 4 is 45.0 Å². The zero-order valence-electron chi connectivity index (χ0n) is 13.3. The van der Waals surface area contributed by atoms with Gasteiger partial charge in [0.1, 0.15) is 0 Å². The Morgan fingerprint density at radius 2 is 2.17 bits per heavy atom. The summed E-state index contributed by atoms with van der Waals surface area (Å²) in [5, 5.41) is 6.98. The second kappa shape index (κ2) is 7.57. The molecule has 2 heterocycles. The first-order valence-corrected chi connectivity index (χ1v) is 8.33. The summed E-state index contributed by atoms with van der Waals surface area (Å²) in [4.78, 5) is 17.4. The van der Waals surface area contributed by atoms with Crippen molar-refractivity contribution in [2.45, 2.75) is 19.8 Å². The van der Waals surface area contributed by atoms with Gasteiger partial charge >= 0.3 is 0 Å². The topological polar surface area (TPSA) is 63.2 Å². The van der Waals surface area contributed by atoms with Crippen LogP contribution < -0.4 is 10.6 Å². The third kappa shape index (κ3) is 3.66. The number of carbonyl (C=O) groups is 1. The monoisotopic (exact) mass is 355 g/mol. The second-order valence-corrected chi connectivity index (χ2v) is 6.89. The van der Waals surface area contributed by atoms with Gasteiger partial charge < -0.3 is 15.4 Å². The quantitative estimate of drug-likeness (QED) is 0.885. The van der Waals surface area contributed by atoms with E-state index in [1.165, 1.54) is 11.3 Å². The highest BCUT2D eigenvalue weighted by molar-refractivity contribution is 7.22. The molecule has 1 aromatic carbocycles. The molecular formula is C16H22ClN3O2S. The molecule has 1 aliphatic rings. The maximum Gasteiger partial charge on any atom is 0.234 e. The number of ether oxygens (including phenoxy) is 1. The van der Waals surface area contributed by atoms with Crippen LogP contribution in [0.3, 0.4) is 0 Å². The Morgan fingerprint density at radius 1 is 1.43 bits per heavy atom. The summed E-state index contributed by atoms with van der Waals surface area (Å²) in [5.74, 6) is 0.0209. The summed E-state index contributed by atoms with van der Waals surface area (Å²) in [6.07, 6.45) is 1.58. The Labute approximate surface area is 146 Å². The fraction of sp³-hybridized carbons (Fsp3) is 0.500. The SMILES string of the molecule is COCC1(C(=O)Nc2nc3c(C)cccc3s2)CCNCC1.Cl. The Kier molecular flexibility index (Phi) is 5.97. The van der Waals surface area contributed by atoms with Gasteiger partial charge in [-0.2, -0.15) is 0 Å². The number of para-hydroxylation sites is 1. The van der Waals surface area contributed by atoms with Crippen molar-refractivity contribution in [3.05, 3.63) is 23.8 Å². The van der Waals surface area contributed by atoms with E-state index in [4.69, 9.17) is 4.74 Å². The van der Waals surface area contributed by atoms with Gasteiger partial charge in [0, 0.05) is 7.11 Å². The standard InChI is InChI=1S/C16H21N3O2S.ClH/c1-11-4-3-5-12-13(11)18-15(22-12)19-14(20)16(10-21-2)6-8-17-9-7-16;/h3-5,17H,6-10H2,1-2H3,(H,18,19,20);1H. The van der Waals surface area contributed by atoms with E-state index in [0.717, 1.165) is 41.7 Å². The highest BCUT2D eigenvalue weighted by atomic mass is 35.5. The van der Waals surface area contributed by atoms with Crippen molar-refractivity contribution in [2.24, 2.45) is 5.41 Å². The molecule has 1 fully saturated rings. The summed E-state index contributed by atoms with van der Waals surface area (Å²) in [7, 11) is 1.65.